The van der Waals surface area contributed by atoms with Gasteiger partial charge in [0.05, 0.1) is 40.1 Å². The molecule has 1 aromatic heterocycles. The van der Waals surface area contributed by atoms with Crippen LogP contribution in [0.1, 0.15) is 28.5 Å². The molecular weight excluding hydrogens is 508 g/mol. The van der Waals surface area contributed by atoms with E-state index in [1.54, 1.807) is 50.0 Å². The number of nitrogens with zero attached hydrogens (tertiary/aromatic N) is 3. The molecule has 0 radical (unpaired) electrons. The highest BCUT2D eigenvalue weighted by Gasteiger charge is 2.48. The number of hydrogen-bond acceptors (Lipinski definition) is 6. The van der Waals surface area contributed by atoms with Crippen molar-refractivity contribution in [3.8, 4) is 28.5 Å². The Bertz CT molecular complexity index is 1520. The predicted molar refractivity (Wildman–Crippen MR) is 150 cm³/mol. The molecule has 0 fully saturated rings. The number of amides is 2. The molecule has 9 heteroatoms. The van der Waals surface area contributed by atoms with Gasteiger partial charge in [-0.2, -0.15) is 5.10 Å². The maximum absolute atomic E-state index is 14.1. The first kappa shape index (κ1) is 26.8. The molecule has 9 nitrogen and oxygen atoms in total. The van der Waals surface area contributed by atoms with E-state index in [9.17, 15) is 9.59 Å². The highest BCUT2D eigenvalue weighted by atomic mass is 16.5. The molecule has 40 heavy (non-hydrogen) atoms. The first-order valence-electron chi connectivity index (χ1n) is 12.9. The monoisotopic (exact) mass is 540 g/mol. The zero-order chi connectivity index (χ0) is 28.3. The Morgan fingerprint density at radius 3 is 2.38 bits per heavy atom. The van der Waals surface area contributed by atoms with E-state index in [2.05, 4.69) is 5.32 Å². The minimum absolute atomic E-state index is 0.136. The van der Waals surface area contributed by atoms with Crippen molar-refractivity contribution < 1.29 is 23.8 Å². The summed E-state index contributed by atoms with van der Waals surface area (Å²) in [5.74, 6) is 1.21. The molecule has 1 aliphatic rings. The molecule has 0 bridgehead atoms. The lowest BCUT2D eigenvalue weighted by Gasteiger charge is -2.43. The van der Waals surface area contributed by atoms with Gasteiger partial charge in [-0.05, 0) is 48.9 Å². The second kappa shape index (κ2) is 11.1. The molecule has 0 saturated carbocycles. The highest BCUT2D eigenvalue weighted by molar-refractivity contribution is 6.00. The van der Waals surface area contributed by atoms with Crippen molar-refractivity contribution in [3.05, 3.63) is 95.7 Å². The zero-order valence-electron chi connectivity index (χ0n) is 23.0. The molecule has 1 unspecified atom stereocenters. The molecule has 0 saturated heterocycles. The van der Waals surface area contributed by atoms with Gasteiger partial charge in [0.15, 0.2) is 11.5 Å². The van der Waals surface area contributed by atoms with E-state index in [0.29, 0.717) is 29.4 Å². The third kappa shape index (κ3) is 4.98. The van der Waals surface area contributed by atoms with Crippen LogP contribution in [0.2, 0.25) is 0 Å². The molecule has 206 valence electrons. The summed E-state index contributed by atoms with van der Waals surface area (Å²) in [4.78, 5) is 29.6. The summed E-state index contributed by atoms with van der Waals surface area (Å²) in [5, 5.41) is 7.76. The average molecular weight is 541 g/mol. The molecule has 2 heterocycles. The van der Waals surface area contributed by atoms with Crippen molar-refractivity contribution in [1.82, 2.24) is 20.0 Å². The van der Waals surface area contributed by atoms with E-state index >= 15 is 0 Å². The van der Waals surface area contributed by atoms with Crippen LogP contribution in [-0.2, 0) is 24.4 Å². The first-order valence-corrected chi connectivity index (χ1v) is 12.9. The van der Waals surface area contributed by atoms with Crippen LogP contribution in [0.15, 0.2) is 78.9 Å². The summed E-state index contributed by atoms with van der Waals surface area (Å²) in [6, 6.07) is 24.4. The Balaban J connectivity index is 1.53. The van der Waals surface area contributed by atoms with Crippen LogP contribution in [-0.4, -0.2) is 53.4 Å². The second-order valence-electron chi connectivity index (χ2n) is 9.79. The van der Waals surface area contributed by atoms with Gasteiger partial charge in [0.2, 0.25) is 5.91 Å². The van der Waals surface area contributed by atoms with E-state index in [-0.39, 0.29) is 24.9 Å². The number of carbonyl (C=O) groups is 2. The number of hydrogen-bond donors (Lipinski definition) is 1. The van der Waals surface area contributed by atoms with E-state index in [1.807, 2.05) is 66.7 Å². The molecule has 0 spiro atoms. The molecule has 4 aromatic rings. The number of benzene rings is 3. The van der Waals surface area contributed by atoms with Gasteiger partial charge < -0.3 is 24.4 Å². The van der Waals surface area contributed by atoms with Crippen molar-refractivity contribution in [3.63, 3.8) is 0 Å². The summed E-state index contributed by atoms with van der Waals surface area (Å²) >= 11 is 0. The van der Waals surface area contributed by atoms with Crippen LogP contribution >= 0.6 is 0 Å². The molecule has 2 amide bonds. The Kier molecular flexibility index (Phi) is 7.46. The van der Waals surface area contributed by atoms with Gasteiger partial charge in [-0.25, -0.2) is 0 Å². The van der Waals surface area contributed by atoms with Crippen molar-refractivity contribution in [2.45, 2.75) is 32.1 Å². The third-order valence-corrected chi connectivity index (χ3v) is 7.28. The van der Waals surface area contributed by atoms with E-state index in [4.69, 9.17) is 19.3 Å². The number of aromatic nitrogens is 2. The Labute approximate surface area is 233 Å². The number of fused-ring (bicyclic) bond motifs is 1. The van der Waals surface area contributed by atoms with Gasteiger partial charge in [0.25, 0.3) is 5.91 Å². The fraction of sp³-hybridized carbons (Fsp3) is 0.258. The summed E-state index contributed by atoms with van der Waals surface area (Å²) in [5.41, 5.74) is 2.33. The van der Waals surface area contributed by atoms with Gasteiger partial charge in [-0.1, -0.05) is 42.5 Å². The SMILES string of the molecule is COc1ccc(-c2cc3n(n2)CC(C)(C(=O)NCc2ccccc2)N(Cc2cccc(OC)c2OC)C3=O)cc1. The van der Waals surface area contributed by atoms with Crippen LogP contribution in [0, 0.1) is 0 Å². The lowest BCUT2D eigenvalue weighted by molar-refractivity contribution is -0.133. The normalized spacial score (nSPS) is 16.3. The van der Waals surface area contributed by atoms with Gasteiger partial charge in [0, 0.05) is 17.7 Å². The zero-order valence-corrected chi connectivity index (χ0v) is 23.0. The number of para-hydroxylation sites is 1. The number of rotatable bonds is 9. The summed E-state index contributed by atoms with van der Waals surface area (Å²) in [6.45, 7) is 2.42. The number of ether oxygens (including phenoxy) is 3. The quantitative estimate of drug-likeness (QED) is 0.340. The lowest BCUT2D eigenvalue weighted by atomic mass is 9.93. The minimum Gasteiger partial charge on any atom is -0.497 e. The molecule has 0 aliphatic carbocycles. The van der Waals surface area contributed by atoms with Gasteiger partial charge in [-0.3, -0.25) is 14.3 Å². The lowest BCUT2D eigenvalue weighted by Crippen LogP contribution is -2.63. The van der Waals surface area contributed by atoms with E-state index in [0.717, 1.165) is 22.4 Å². The second-order valence-corrected chi connectivity index (χ2v) is 9.79. The van der Waals surface area contributed by atoms with Gasteiger partial charge in [0.1, 0.15) is 17.0 Å². The van der Waals surface area contributed by atoms with Crippen LogP contribution in [0.25, 0.3) is 11.3 Å². The number of nitrogens with one attached hydrogen (secondary N) is 1. The van der Waals surface area contributed by atoms with Crippen molar-refractivity contribution in [2.75, 3.05) is 21.3 Å². The summed E-state index contributed by atoms with van der Waals surface area (Å²) < 4.78 is 18.0. The van der Waals surface area contributed by atoms with Crippen LogP contribution in [0.4, 0.5) is 0 Å². The third-order valence-electron chi connectivity index (χ3n) is 7.28. The molecule has 3 aromatic carbocycles. The summed E-state index contributed by atoms with van der Waals surface area (Å²) in [7, 11) is 4.73. The number of methoxy groups -OCH3 is 3. The van der Waals surface area contributed by atoms with E-state index in [1.165, 1.54) is 0 Å². The van der Waals surface area contributed by atoms with Crippen molar-refractivity contribution in [1.29, 1.82) is 0 Å². The van der Waals surface area contributed by atoms with Crippen molar-refractivity contribution >= 4 is 11.8 Å². The fourth-order valence-electron chi connectivity index (χ4n) is 5.01. The smallest absolute Gasteiger partial charge is 0.273 e. The Morgan fingerprint density at radius 1 is 0.950 bits per heavy atom. The minimum atomic E-state index is -1.24. The Hall–Kier alpha value is -4.79. The van der Waals surface area contributed by atoms with Crippen LogP contribution < -0.4 is 19.5 Å². The first-order chi connectivity index (χ1) is 19.4. The van der Waals surface area contributed by atoms with Crippen molar-refractivity contribution in [2.24, 2.45) is 0 Å². The molecule has 5 rings (SSSR count). The topological polar surface area (TPSA) is 94.9 Å². The van der Waals surface area contributed by atoms with E-state index < -0.39 is 5.54 Å². The van der Waals surface area contributed by atoms with Crippen LogP contribution in [0.5, 0.6) is 17.2 Å². The molecular formula is C31H32N4O5. The maximum Gasteiger partial charge on any atom is 0.273 e. The molecule has 1 aliphatic heterocycles. The fourth-order valence-corrected chi connectivity index (χ4v) is 5.01. The standard InChI is InChI=1S/C31H32N4O5/c1-31(30(37)32-18-21-9-6-5-7-10-21)20-35-26(17-25(33-35)22-13-15-24(38-2)16-14-22)29(36)34(31)19-23-11-8-12-27(39-3)28(23)40-4/h5-17H,18-20H2,1-4H3,(H,32,37). The van der Waals surface area contributed by atoms with Crippen LogP contribution in [0.3, 0.4) is 0 Å². The number of carbonyl (C=O) groups excluding carboxylic acids is 2. The van der Waals surface area contributed by atoms with Gasteiger partial charge >= 0.3 is 0 Å². The molecule has 1 N–H and O–H groups in total. The maximum atomic E-state index is 14.1. The van der Waals surface area contributed by atoms with Gasteiger partial charge in [-0.15, -0.1) is 0 Å². The summed E-state index contributed by atoms with van der Waals surface area (Å²) in [6.07, 6.45) is 0. The Morgan fingerprint density at radius 2 is 1.70 bits per heavy atom. The predicted octanol–water partition coefficient (Wildman–Crippen LogP) is 4.31. The highest BCUT2D eigenvalue weighted by Crippen LogP contribution is 2.36. The largest absolute Gasteiger partial charge is 0.497 e. The molecule has 1 atom stereocenters. The average Bonchev–Trinajstić information content (AvgIpc) is 3.42.